The molecule has 2 rings (SSSR count). The summed E-state index contributed by atoms with van der Waals surface area (Å²) in [6, 6.07) is 7.98. The quantitative estimate of drug-likeness (QED) is 0.802. The second-order valence-electron chi connectivity index (χ2n) is 3.73. The summed E-state index contributed by atoms with van der Waals surface area (Å²) < 4.78 is 6.88. The van der Waals surface area contributed by atoms with Gasteiger partial charge in [-0.05, 0) is 24.3 Å². The molecule has 0 aliphatic carbocycles. The van der Waals surface area contributed by atoms with Crippen molar-refractivity contribution in [2.45, 2.75) is 17.2 Å². The Labute approximate surface area is 110 Å². The number of hydrogen-bond acceptors (Lipinski definition) is 5. The Hall–Kier alpha value is -1.53. The van der Waals surface area contributed by atoms with Gasteiger partial charge in [0.1, 0.15) is 5.75 Å². The Morgan fingerprint density at radius 2 is 2.11 bits per heavy atom. The topological polar surface area (TPSA) is 66.0 Å². The third-order valence-corrected chi connectivity index (χ3v) is 3.44. The minimum absolute atomic E-state index is 0.578. The van der Waals surface area contributed by atoms with Gasteiger partial charge in [-0.25, -0.2) is 0 Å². The largest absolute Gasteiger partial charge is 0.497 e. The molecule has 2 N–H and O–H groups in total. The number of aromatic nitrogens is 3. The second kappa shape index (κ2) is 6.42. The van der Waals surface area contributed by atoms with Gasteiger partial charge in [-0.2, -0.15) is 0 Å². The van der Waals surface area contributed by atoms with E-state index in [1.807, 2.05) is 30.5 Å². The van der Waals surface area contributed by atoms with E-state index in [2.05, 4.69) is 10.3 Å². The molecule has 2 aromatic rings. The Balaban J connectivity index is 1.89. The molecule has 0 amide bonds. The highest BCUT2D eigenvalue weighted by molar-refractivity contribution is 7.98. The molecule has 18 heavy (non-hydrogen) atoms. The Morgan fingerprint density at radius 3 is 2.78 bits per heavy atom. The average Bonchev–Trinajstić information content (AvgIpc) is 2.85. The van der Waals surface area contributed by atoms with E-state index in [0.717, 1.165) is 17.2 Å². The summed E-state index contributed by atoms with van der Waals surface area (Å²) >= 11 is 1.72. The van der Waals surface area contributed by atoms with Crippen LogP contribution in [0.5, 0.6) is 5.75 Å². The molecule has 1 aromatic carbocycles. The van der Waals surface area contributed by atoms with Gasteiger partial charge in [0.15, 0.2) is 0 Å². The number of methoxy groups -OCH3 is 1. The lowest BCUT2D eigenvalue weighted by molar-refractivity contribution is 0.414. The molecule has 0 aliphatic rings. The van der Waals surface area contributed by atoms with E-state index in [0.29, 0.717) is 13.1 Å². The molecule has 0 unspecified atom stereocenters. The molecule has 0 radical (unpaired) electrons. The molecule has 0 atom stereocenters. The van der Waals surface area contributed by atoms with Crippen LogP contribution in [0.4, 0.5) is 0 Å². The van der Waals surface area contributed by atoms with E-state index >= 15 is 0 Å². The van der Waals surface area contributed by atoms with Gasteiger partial charge in [-0.3, -0.25) is 4.68 Å². The summed E-state index contributed by atoms with van der Waals surface area (Å²) in [5, 5.41) is 8.09. The Morgan fingerprint density at radius 1 is 1.33 bits per heavy atom. The number of hydrogen-bond donors (Lipinski definition) is 1. The number of nitrogens with two attached hydrogens (primary N) is 1. The second-order valence-corrected chi connectivity index (χ2v) is 4.77. The fourth-order valence-electron chi connectivity index (χ4n) is 1.48. The lowest BCUT2D eigenvalue weighted by atomic mass is 10.3. The molecule has 1 aromatic heterocycles. The van der Waals surface area contributed by atoms with Crippen molar-refractivity contribution in [3.05, 3.63) is 36.2 Å². The van der Waals surface area contributed by atoms with E-state index in [-0.39, 0.29) is 0 Å². The van der Waals surface area contributed by atoms with Crippen molar-refractivity contribution in [1.82, 2.24) is 15.0 Å². The number of nitrogens with zero attached hydrogens (tertiary/aromatic N) is 3. The van der Waals surface area contributed by atoms with E-state index in [1.165, 1.54) is 4.90 Å². The van der Waals surface area contributed by atoms with Crippen LogP contribution in [0.15, 0.2) is 35.4 Å². The van der Waals surface area contributed by atoms with Gasteiger partial charge in [-0.15, -0.1) is 16.9 Å². The van der Waals surface area contributed by atoms with E-state index in [9.17, 15) is 0 Å². The van der Waals surface area contributed by atoms with Crippen LogP contribution < -0.4 is 10.5 Å². The molecule has 0 fully saturated rings. The van der Waals surface area contributed by atoms with Gasteiger partial charge in [0, 0.05) is 23.4 Å². The predicted molar refractivity (Wildman–Crippen MR) is 71.6 cm³/mol. The van der Waals surface area contributed by atoms with Crippen molar-refractivity contribution < 1.29 is 4.74 Å². The van der Waals surface area contributed by atoms with Gasteiger partial charge >= 0.3 is 0 Å². The minimum Gasteiger partial charge on any atom is -0.497 e. The van der Waals surface area contributed by atoms with Crippen LogP contribution in [-0.2, 0) is 12.3 Å². The van der Waals surface area contributed by atoms with Gasteiger partial charge in [0.25, 0.3) is 0 Å². The summed E-state index contributed by atoms with van der Waals surface area (Å²) in [5.74, 6) is 1.67. The molecular weight excluding hydrogens is 248 g/mol. The zero-order chi connectivity index (χ0) is 12.8. The number of rotatable bonds is 6. The lowest BCUT2D eigenvalue weighted by Crippen LogP contribution is -2.10. The molecule has 0 bridgehead atoms. The van der Waals surface area contributed by atoms with Crippen LogP contribution in [0, 0.1) is 0 Å². The van der Waals surface area contributed by atoms with E-state index in [4.69, 9.17) is 10.5 Å². The van der Waals surface area contributed by atoms with Gasteiger partial charge in [-0.1, -0.05) is 5.21 Å². The predicted octanol–water partition coefficient (Wildman–Crippen LogP) is 1.54. The zero-order valence-electron chi connectivity index (χ0n) is 10.2. The van der Waals surface area contributed by atoms with Crippen molar-refractivity contribution in [3.8, 4) is 5.75 Å². The van der Waals surface area contributed by atoms with E-state index < -0.39 is 0 Å². The van der Waals surface area contributed by atoms with Crippen LogP contribution in [-0.4, -0.2) is 28.6 Å². The molecule has 1 heterocycles. The molecule has 0 saturated carbocycles. The first-order chi connectivity index (χ1) is 8.81. The molecule has 6 heteroatoms. The highest BCUT2D eigenvalue weighted by Gasteiger charge is 2.02. The van der Waals surface area contributed by atoms with Crippen molar-refractivity contribution in [1.29, 1.82) is 0 Å². The average molecular weight is 264 g/mol. The van der Waals surface area contributed by atoms with E-state index in [1.54, 1.807) is 23.6 Å². The molecule has 5 nitrogen and oxygen atoms in total. The summed E-state index contributed by atoms with van der Waals surface area (Å²) in [4.78, 5) is 1.18. The van der Waals surface area contributed by atoms with Crippen LogP contribution in [0.1, 0.15) is 5.69 Å². The molecule has 0 spiro atoms. The number of thioether (sulfide) groups is 1. The maximum atomic E-state index is 5.46. The van der Waals surface area contributed by atoms with Gasteiger partial charge in [0.2, 0.25) is 0 Å². The van der Waals surface area contributed by atoms with Crippen LogP contribution >= 0.6 is 11.8 Å². The number of ether oxygens (including phenoxy) is 1. The highest BCUT2D eigenvalue weighted by Crippen LogP contribution is 2.23. The number of benzene rings is 1. The summed E-state index contributed by atoms with van der Waals surface area (Å²) in [7, 11) is 1.66. The smallest absolute Gasteiger partial charge is 0.118 e. The minimum atomic E-state index is 0.578. The van der Waals surface area contributed by atoms with Gasteiger partial charge in [0.05, 0.1) is 19.3 Å². The van der Waals surface area contributed by atoms with Gasteiger partial charge < -0.3 is 10.5 Å². The standard InChI is InChI=1S/C12H16N4OS/c1-17-11-2-4-12(5-3-11)18-9-10-8-16(7-6-13)15-14-10/h2-5,8H,6-7,9,13H2,1H3. The van der Waals surface area contributed by atoms with Crippen molar-refractivity contribution >= 4 is 11.8 Å². The van der Waals surface area contributed by atoms with Crippen molar-refractivity contribution in [2.75, 3.05) is 13.7 Å². The Kier molecular flexibility index (Phi) is 4.60. The first-order valence-electron chi connectivity index (χ1n) is 5.68. The maximum Gasteiger partial charge on any atom is 0.118 e. The first-order valence-corrected chi connectivity index (χ1v) is 6.66. The van der Waals surface area contributed by atoms with Crippen LogP contribution in [0.3, 0.4) is 0 Å². The Bertz CT molecular complexity index is 483. The fourth-order valence-corrected chi connectivity index (χ4v) is 2.25. The monoisotopic (exact) mass is 264 g/mol. The summed E-state index contributed by atoms with van der Waals surface area (Å²) in [6.07, 6.45) is 1.93. The SMILES string of the molecule is COc1ccc(SCc2cn(CCN)nn2)cc1. The molecule has 0 saturated heterocycles. The summed E-state index contributed by atoms with van der Waals surface area (Å²) in [5.41, 5.74) is 6.42. The molecular formula is C12H16N4OS. The normalized spacial score (nSPS) is 10.6. The van der Waals surface area contributed by atoms with Crippen LogP contribution in [0.25, 0.3) is 0 Å². The lowest BCUT2D eigenvalue weighted by Gasteiger charge is -2.01. The molecule has 0 aliphatic heterocycles. The zero-order valence-corrected chi connectivity index (χ0v) is 11.1. The van der Waals surface area contributed by atoms with Crippen molar-refractivity contribution in [2.24, 2.45) is 5.73 Å². The third kappa shape index (κ3) is 3.48. The first kappa shape index (κ1) is 12.9. The fraction of sp³-hybridized carbons (Fsp3) is 0.333. The third-order valence-electron chi connectivity index (χ3n) is 2.39. The summed E-state index contributed by atoms with van der Waals surface area (Å²) in [6.45, 7) is 1.29. The molecule has 96 valence electrons. The van der Waals surface area contributed by atoms with Crippen LogP contribution in [0.2, 0.25) is 0 Å². The highest BCUT2D eigenvalue weighted by atomic mass is 32.2. The maximum absolute atomic E-state index is 5.46. The van der Waals surface area contributed by atoms with Crippen molar-refractivity contribution in [3.63, 3.8) is 0 Å².